The van der Waals surface area contributed by atoms with Crippen LogP contribution >= 0.6 is 15.9 Å². The molecule has 1 aromatic heterocycles. The predicted molar refractivity (Wildman–Crippen MR) is 67.1 cm³/mol. The molecule has 0 saturated carbocycles. The van der Waals surface area contributed by atoms with Crippen molar-refractivity contribution in [1.82, 2.24) is 9.78 Å². The number of fused-ring (bicyclic) bond motifs is 1. The third-order valence-corrected chi connectivity index (χ3v) is 2.72. The summed E-state index contributed by atoms with van der Waals surface area (Å²) in [5, 5.41) is 8.74. The number of aromatic nitrogens is 2. The van der Waals surface area contributed by atoms with Gasteiger partial charge in [0.2, 0.25) is 0 Å². The minimum Gasteiger partial charge on any atom is -0.365 e. The first-order valence-corrected chi connectivity index (χ1v) is 5.48. The first kappa shape index (κ1) is 10.2. The Hall–Kier alpha value is -1.29. The van der Waals surface area contributed by atoms with Crippen molar-refractivity contribution >= 4 is 32.7 Å². The smallest absolute Gasteiger partial charge is 0.156 e. The monoisotopic (exact) mass is 265 g/mol. The average molecular weight is 266 g/mol. The number of anilines is 1. The van der Waals surface area contributed by atoms with E-state index in [0.29, 0.717) is 0 Å². The molecular formula is C11H12BrN3. The molecule has 0 saturated heterocycles. The number of nitrogens with zero attached hydrogens (tertiary/aromatic N) is 2. The molecular weight excluding hydrogens is 254 g/mol. The average Bonchev–Trinajstić information content (AvgIpc) is 2.53. The van der Waals surface area contributed by atoms with Crippen LogP contribution in [0.2, 0.25) is 0 Å². The molecule has 0 aliphatic carbocycles. The summed E-state index contributed by atoms with van der Waals surface area (Å²) >= 11 is 3.45. The van der Waals surface area contributed by atoms with Crippen LogP contribution < -0.4 is 5.32 Å². The van der Waals surface area contributed by atoms with Gasteiger partial charge in [0.15, 0.2) is 5.82 Å². The second-order valence-electron chi connectivity index (χ2n) is 3.30. The maximum absolute atomic E-state index is 4.41. The molecule has 0 amide bonds. The van der Waals surface area contributed by atoms with Crippen LogP contribution in [0.5, 0.6) is 0 Å². The number of nitrogens with one attached hydrogen (secondary N) is 1. The summed E-state index contributed by atoms with van der Waals surface area (Å²) in [6.45, 7) is 4.40. The molecule has 78 valence electrons. The molecule has 15 heavy (non-hydrogen) atoms. The van der Waals surface area contributed by atoms with Gasteiger partial charge in [-0.2, -0.15) is 5.10 Å². The molecule has 0 radical (unpaired) electrons. The predicted octanol–water partition coefficient (Wildman–Crippen LogP) is 2.93. The van der Waals surface area contributed by atoms with Gasteiger partial charge in [0.1, 0.15) is 0 Å². The van der Waals surface area contributed by atoms with Crippen molar-refractivity contribution < 1.29 is 0 Å². The van der Waals surface area contributed by atoms with Gasteiger partial charge < -0.3 is 5.32 Å². The van der Waals surface area contributed by atoms with Crippen molar-refractivity contribution in [2.45, 2.75) is 0 Å². The molecule has 2 aromatic rings. The molecule has 0 fully saturated rings. The zero-order valence-corrected chi connectivity index (χ0v) is 10.1. The van der Waals surface area contributed by atoms with E-state index >= 15 is 0 Å². The van der Waals surface area contributed by atoms with Gasteiger partial charge in [-0.25, -0.2) is 0 Å². The van der Waals surface area contributed by atoms with Crippen LogP contribution in [0.4, 0.5) is 5.82 Å². The zero-order valence-electron chi connectivity index (χ0n) is 8.50. The summed E-state index contributed by atoms with van der Waals surface area (Å²) in [4.78, 5) is 0. The van der Waals surface area contributed by atoms with E-state index in [9.17, 15) is 0 Å². The standard InChI is InChI=1S/C11H12BrN3/c1-3-6-13-11-9-5-4-8(12)7-10(9)15(2)14-11/h3-5,7H,1,6H2,2H3,(H,13,14). The first-order chi connectivity index (χ1) is 7.22. The van der Waals surface area contributed by atoms with Crippen LogP contribution in [-0.2, 0) is 7.05 Å². The molecule has 1 aromatic carbocycles. The van der Waals surface area contributed by atoms with Crippen LogP contribution in [-0.4, -0.2) is 16.3 Å². The van der Waals surface area contributed by atoms with Gasteiger partial charge in [0.05, 0.1) is 5.52 Å². The minimum atomic E-state index is 0.724. The number of benzene rings is 1. The van der Waals surface area contributed by atoms with E-state index in [4.69, 9.17) is 0 Å². The van der Waals surface area contributed by atoms with Gasteiger partial charge in [-0.05, 0) is 18.2 Å². The third-order valence-electron chi connectivity index (χ3n) is 2.23. The fourth-order valence-corrected chi connectivity index (χ4v) is 1.88. The summed E-state index contributed by atoms with van der Waals surface area (Å²) < 4.78 is 2.93. The minimum absolute atomic E-state index is 0.724. The molecule has 0 aliphatic heterocycles. The lowest BCUT2D eigenvalue weighted by Gasteiger charge is -1.97. The zero-order chi connectivity index (χ0) is 10.8. The topological polar surface area (TPSA) is 29.9 Å². The Morgan fingerprint density at radius 2 is 2.40 bits per heavy atom. The number of halogens is 1. The van der Waals surface area contributed by atoms with E-state index in [1.807, 2.05) is 23.9 Å². The van der Waals surface area contributed by atoms with Crippen LogP contribution in [0.25, 0.3) is 10.9 Å². The third kappa shape index (κ3) is 1.90. The Morgan fingerprint density at radius 3 is 3.13 bits per heavy atom. The van der Waals surface area contributed by atoms with E-state index in [0.717, 1.165) is 27.7 Å². The summed E-state index contributed by atoms with van der Waals surface area (Å²) in [7, 11) is 1.94. The van der Waals surface area contributed by atoms with Gasteiger partial charge in [-0.3, -0.25) is 4.68 Å². The maximum atomic E-state index is 4.41. The molecule has 0 atom stereocenters. The second kappa shape index (κ2) is 4.06. The number of aryl methyl sites for hydroxylation is 1. The Balaban J connectivity index is 2.52. The van der Waals surface area contributed by atoms with E-state index in [1.165, 1.54) is 0 Å². The Kier molecular flexibility index (Phi) is 2.77. The molecule has 2 rings (SSSR count). The van der Waals surface area contributed by atoms with E-state index < -0.39 is 0 Å². The summed E-state index contributed by atoms with van der Waals surface area (Å²) in [5.41, 5.74) is 1.11. The SMILES string of the molecule is C=CCNc1nn(C)c2cc(Br)ccc12. The van der Waals surface area contributed by atoms with Gasteiger partial charge in [0, 0.05) is 23.5 Å². The Labute approximate surface area is 96.9 Å². The molecule has 1 heterocycles. The fourth-order valence-electron chi connectivity index (χ4n) is 1.53. The molecule has 0 unspecified atom stereocenters. The van der Waals surface area contributed by atoms with Gasteiger partial charge in [-0.15, -0.1) is 6.58 Å². The molecule has 0 spiro atoms. The van der Waals surface area contributed by atoms with Gasteiger partial charge in [-0.1, -0.05) is 22.0 Å². The fraction of sp³-hybridized carbons (Fsp3) is 0.182. The Morgan fingerprint density at radius 1 is 1.60 bits per heavy atom. The number of rotatable bonds is 3. The molecule has 4 heteroatoms. The van der Waals surface area contributed by atoms with E-state index in [1.54, 1.807) is 0 Å². The van der Waals surface area contributed by atoms with E-state index in [2.05, 4.69) is 45.1 Å². The highest BCUT2D eigenvalue weighted by Gasteiger charge is 2.07. The largest absolute Gasteiger partial charge is 0.365 e. The number of hydrogen-bond acceptors (Lipinski definition) is 2. The van der Waals surface area contributed by atoms with Crippen molar-refractivity contribution in [1.29, 1.82) is 0 Å². The van der Waals surface area contributed by atoms with Gasteiger partial charge >= 0.3 is 0 Å². The van der Waals surface area contributed by atoms with Crippen molar-refractivity contribution in [3.05, 3.63) is 35.3 Å². The lowest BCUT2D eigenvalue weighted by molar-refractivity contribution is 0.798. The maximum Gasteiger partial charge on any atom is 0.156 e. The quantitative estimate of drug-likeness (QED) is 0.865. The van der Waals surface area contributed by atoms with Crippen molar-refractivity contribution in [2.24, 2.45) is 7.05 Å². The Bertz CT molecular complexity index is 502. The highest BCUT2D eigenvalue weighted by atomic mass is 79.9. The highest BCUT2D eigenvalue weighted by Crippen LogP contribution is 2.25. The summed E-state index contributed by atoms with van der Waals surface area (Å²) in [5.74, 6) is 0.903. The number of hydrogen-bond donors (Lipinski definition) is 1. The van der Waals surface area contributed by atoms with Gasteiger partial charge in [0.25, 0.3) is 0 Å². The molecule has 0 bridgehead atoms. The van der Waals surface area contributed by atoms with Crippen LogP contribution in [0, 0.1) is 0 Å². The molecule has 0 aliphatic rings. The lowest BCUT2D eigenvalue weighted by atomic mass is 10.2. The van der Waals surface area contributed by atoms with E-state index in [-0.39, 0.29) is 0 Å². The van der Waals surface area contributed by atoms with Crippen molar-refractivity contribution in [3.8, 4) is 0 Å². The molecule has 1 N–H and O–H groups in total. The molecule has 3 nitrogen and oxygen atoms in total. The lowest BCUT2D eigenvalue weighted by Crippen LogP contribution is -1.99. The van der Waals surface area contributed by atoms with Crippen LogP contribution in [0.3, 0.4) is 0 Å². The summed E-state index contributed by atoms with van der Waals surface area (Å²) in [6, 6.07) is 6.13. The second-order valence-corrected chi connectivity index (χ2v) is 4.22. The van der Waals surface area contributed by atoms with Crippen LogP contribution in [0.15, 0.2) is 35.3 Å². The van der Waals surface area contributed by atoms with Crippen molar-refractivity contribution in [3.63, 3.8) is 0 Å². The summed E-state index contributed by atoms with van der Waals surface area (Å²) in [6.07, 6.45) is 1.82. The first-order valence-electron chi connectivity index (χ1n) is 4.69. The van der Waals surface area contributed by atoms with Crippen LogP contribution in [0.1, 0.15) is 0 Å². The normalized spacial score (nSPS) is 10.5. The van der Waals surface area contributed by atoms with Crippen molar-refractivity contribution in [2.75, 3.05) is 11.9 Å². The highest BCUT2D eigenvalue weighted by molar-refractivity contribution is 9.10.